The molecule has 3 nitrogen and oxygen atoms in total. The minimum atomic E-state index is 0.0703. The molecule has 0 aliphatic heterocycles. The van der Waals surface area contributed by atoms with E-state index in [1.54, 1.807) is 0 Å². The first-order valence-corrected chi connectivity index (χ1v) is 4.16. The molecule has 1 N–H and O–H groups in total. The predicted molar refractivity (Wildman–Crippen MR) is 41.3 cm³/mol. The quantitative estimate of drug-likeness (QED) is 0.558. The first-order chi connectivity index (χ1) is 4.81. The van der Waals surface area contributed by atoms with Crippen LogP contribution >= 0.6 is 11.8 Å². The van der Waals surface area contributed by atoms with Crippen LogP contribution in [0, 0.1) is 0 Å². The Morgan fingerprint density at radius 2 is 2.40 bits per heavy atom. The Labute approximate surface area is 64.8 Å². The van der Waals surface area contributed by atoms with Gasteiger partial charge in [0.2, 0.25) is 0 Å². The van der Waals surface area contributed by atoms with Crippen molar-refractivity contribution in [3.05, 3.63) is 0 Å². The number of thioether (sulfide) groups is 1. The highest BCUT2D eigenvalue weighted by Crippen LogP contribution is 1.97. The molecule has 10 heavy (non-hydrogen) atoms. The molecule has 0 aromatic carbocycles. The van der Waals surface area contributed by atoms with E-state index in [0.29, 0.717) is 11.5 Å². The molecule has 0 bridgehead atoms. The summed E-state index contributed by atoms with van der Waals surface area (Å²) in [5.41, 5.74) is 0. The van der Waals surface area contributed by atoms with Crippen molar-refractivity contribution in [2.24, 2.45) is 0 Å². The molecule has 0 aromatic heterocycles. The summed E-state index contributed by atoms with van der Waals surface area (Å²) in [6.07, 6.45) is 0. The molecule has 0 saturated carbocycles. The Hall–Kier alpha value is -0.0600. The van der Waals surface area contributed by atoms with Crippen LogP contribution in [0.4, 0.5) is 0 Å². The van der Waals surface area contributed by atoms with Crippen molar-refractivity contribution in [1.82, 2.24) is 0 Å². The maximum Gasteiger partial charge on any atom is 0.168 e. The molecule has 4 heteroatoms. The van der Waals surface area contributed by atoms with E-state index >= 15 is 0 Å². The summed E-state index contributed by atoms with van der Waals surface area (Å²) in [4.78, 5) is 10.7. The van der Waals surface area contributed by atoms with Crippen LogP contribution < -0.4 is 0 Å². The van der Waals surface area contributed by atoms with Gasteiger partial charge in [0.15, 0.2) is 5.78 Å². The second kappa shape index (κ2) is 7.05. The van der Waals surface area contributed by atoms with Crippen LogP contribution in [0.15, 0.2) is 0 Å². The van der Waals surface area contributed by atoms with E-state index in [1.807, 2.05) is 0 Å². The van der Waals surface area contributed by atoms with Gasteiger partial charge in [0.05, 0.1) is 12.4 Å². The highest BCUT2D eigenvalue weighted by Gasteiger charge is 1.98. The normalized spacial score (nSPS) is 9.80. The van der Waals surface area contributed by atoms with E-state index in [4.69, 9.17) is 5.11 Å². The van der Waals surface area contributed by atoms with Gasteiger partial charge >= 0.3 is 0 Å². The SMILES string of the molecule is COCC(=O)CSCCO. The fourth-order valence-electron chi connectivity index (χ4n) is 0.453. The Morgan fingerprint density at radius 1 is 1.70 bits per heavy atom. The lowest BCUT2D eigenvalue weighted by Gasteiger charge is -1.96. The van der Waals surface area contributed by atoms with Gasteiger partial charge in [-0.05, 0) is 0 Å². The van der Waals surface area contributed by atoms with Crippen molar-refractivity contribution >= 4 is 17.5 Å². The number of ketones is 1. The Balaban J connectivity index is 3.05. The highest BCUT2D eigenvalue weighted by molar-refractivity contribution is 7.99. The third-order valence-electron chi connectivity index (χ3n) is 0.804. The van der Waals surface area contributed by atoms with Crippen molar-refractivity contribution in [2.75, 3.05) is 31.8 Å². The van der Waals surface area contributed by atoms with Crippen LogP contribution in [-0.4, -0.2) is 42.7 Å². The standard InChI is InChI=1S/C6H12O3S/c1-9-4-6(8)5-10-3-2-7/h7H,2-5H2,1H3. The van der Waals surface area contributed by atoms with Crippen molar-refractivity contribution in [3.8, 4) is 0 Å². The number of aliphatic hydroxyl groups is 1. The van der Waals surface area contributed by atoms with Crippen LogP contribution in [0.2, 0.25) is 0 Å². The molecular formula is C6H12O3S. The predicted octanol–water partition coefficient (Wildman–Crippen LogP) is -0.0726. The van der Waals surface area contributed by atoms with Crippen LogP contribution in [0.5, 0.6) is 0 Å². The fraction of sp³-hybridized carbons (Fsp3) is 0.833. The summed E-state index contributed by atoms with van der Waals surface area (Å²) in [5, 5.41) is 8.35. The van der Waals surface area contributed by atoms with E-state index in [0.717, 1.165) is 0 Å². The van der Waals surface area contributed by atoms with E-state index in [2.05, 4.69) is 4.74 Å². The van der Waals surface area contributed by atoms with Crippen LogP contribution in [0.1, 0.15) is 0 Å². The van der Waals surface area contributed by atoms with E-state index < -0.39 is 0 Å². The molecule has 0 aromatic rings. The second-order valence-corrected chi connectivity index (χ2v) is 2.85. The van der Waals surface area contributed by atoms with Gasteiger partial charge in [-0.1, -0.05) is 0 Å². The maximum atomic E-state index is 10.7. The smallest absolute Gasteiger partial charge is 0.168 e. The third kappa shape index (κ3) is 6.07. The number of carbonyl (C=O) groups is 1. The summed E-state index contributed by atoms with van der Waals surface area (Å²) in [6, 6.07) is 0. The van der Waals surface area contributed by atoms with Gasteiger partial charge in [-0.25, -0.2) is 0 Å². The van der Waals surface area contributed by atoms with E-state index in [-0.39, 0.29) is 19.0 Å². The molecule has 0 radical (unpaired) electrons. The zero-order valence-electron chi connectivity index (χ0n) is 6.00. The molecule has 0 heterocycles. The molecule has 0 saturated heterocycles. The topological polar surface area (TPSA) is 46.5 Å². The number of Topliss-reactive ketones (excluding diaryl/α,β-unsaturated/α-hetero) is 1. The number of methoxy groups -OCH3 is 1. The van der Waals surface area contributed by atoms with Crippen LogP contribution in [0.3, 0.4) is 0 Å². The molecule has 0 fully saturated rings. The lowest BCUT2D eigenvalue weighted by atomic mass is 10.5. The lowest BCUT2D eigenvalue weighted by molar-refractivity contribution is -0.120. The molecular weight excluding hydrogens is 152 g/mol. The minimum absolute atomic E-state index is 0.0703. The number of carbonyl (C=O) groups excluding carboxylic acids is 1. The maximum absolute atomic E-state index is 10.7. The van der Waals surface area contributed by atoms with Crippen molar-refractivity contribution in [2.45, 2.75) is 0 Å². The molecule has 0 amide bonds. The van der Waals surface area contributed by atoms with E-state index in [1.165, 1.54) is 18.9 Å². The summed E-state index contributed by atoms with van der Waals surface area (Å²) in [7, 11) is 1.49. The molecule has 0 atom stereocenters. The minimum Gasteiger partial charge on any atom is -0.396 e. The largest absolute Gasteiger partial charge is 0.396 e. The van der Waals surface area contributed by atoms with Crippen molar-refractivity contribution in [3.63, 3.8) is 0 Å². The fourth-order valence-corrected chi connectivity index (χ4v) is 1.04. The summed E-state index contributed by atoms with van der Waals surface area (Å²) in [5.74, 6) is 1.13. The highest BCUT2D eigenvalue weighted by atomic mass is 32.2. The molecule has 0 unspecified atom stereocenters. The van der Waals surface area contributed by atoms with Gasteiger partial charge in [0.25, 0.3) is 0 Å². The third-order valence-corrected chi connectivity index (χ3v) is 1.80. The monoisotopic (exact) mass is 164 g/mol. The first kappa shape index (κ1) is 9.94. The second-order valence-electron chi connectivity index (χ2n) is 1.75. The van der Waals surface area contributed by atoms with Gasteiger partial charge in [0.1, 0.15) is 6.61 Å². The van der Waals surface area contributed by atoms with Crippen molar-refractivity contribution in [1.29, 1.82) is 0 Å². The molecule has 0 aliphatic rings. The first-order valence-electron chi connectivity index (χ1n) is 3.00. The Bertz CT molecular complexity index is 95.0. The Morgan fingerprint density at radius 3 is 2.90 bits per heavy atom. The van der Waals surface area contributed by atoms with Crippen LogP contribution in [-0.2, 0) is 9.53 Å². The average molecular weight is 164 g/mol. The average Bonchev–Trinajstić information content (AvgIpc) is 1.89. The van der Waals surface area contributed by atoms with Crippen molar-refractivity contribution < 1.29 is 14.6 Å². The number of hydrogen-bond acceptors (Lipinski definition) is 4. The van der Waals surface area contributed by atoms with E-state index in [9.17, 15) is 4.79 Å². The summed E-state index contributed by atoms with van der Waals surface area (Å²) < 4.78 is 4.61. The number of hydrogen-bond donors (Lipinski definition) is 1. The number of rotatable bonds is 6. The molecule has 0 rings (SSSR count). The zero-order chi connectivity index (χ0) is 7.82. The Kier molecular flexibility index (Phi) is 7.01. The van der Waals surface area contributed by atoms with Gasteiger partial charge < -0.3 is 9.84 Å². The summed E-state index contributed by atoms with van der Waals surface area (Å²) >= 11 is 1.42. The number of ether oxygens (including phenoxy) is 1. The van der Waals surface area contributed by atoms with Gasteiger partial charge in [0, 0.05) is 12.9 Å². The number of aliphatic hydroxyl groups excluding tert-OH is 1. The zero-order valence-corrected chi connectivity index (χ0v) is 6.82. The van der Waals surface area contributed by atoms with Gasteiger partial charge in [-0.2, -0.15) is 11.8 Å². The molecule has 60 valence electrons. The van der Waals surface area contributed by atoms with Crippen LogP contribution in [0.25, 0.3) is 0 Å². The summed E-state index contributed by atoms with van der Waals surface area (Å²) in [6.45, 7) is 0.309. The van der Waals surface area contributed by atoms with Gasteiger partial charge in [-0.15, -0.1) is 0 Å². The van der Waals surface area contributed by atoms with Gasteiger partial charge in [-0.3, -0.25) is 4.79 Å². The lowest BCUT2D eigenvalue weighted by Crippen LogP contribution is -2.09. The molecule has 0 spiro atoms. The molecule has 0 aliphatic carbocycles.